The molecule has 1 aliphatic rings. The van der Waals surface area contributed by atoms with E-state index < -0.39 is 11.7 Å². The maximum absolute atomic E-state index is 11.7. The van der Waals surface area contributed by atoms with Crippen molar-refractivity contribution in [2.24, 2.45) is 0 Å². The zero-order valence-corrected chi connectivity index (χ0v) is 14.2. The van der Waals surface area contributed by atoms with Crippen molar-refractivity contribution >= 4 is 23.0 Å². The number of aromatic nitrogens is 2. The van der Waals surface area contributed by atoms with Crippen molar-refractivity contribution in [2.75, 3.05) is 0 Å². The molecule has 1 aliphatic carbocycles. The summed E-state index contributed by atoms with van der Waals surface area (Å²) in [6.45, 7) is 5.89. The maximum atomic E-state index is 11.7. The first-order valence-electron chi connectivity index (χ1n) is 7.48. The number of alkyl carbamates (subject to hydrolysis) is 1. The number of hydrogen-bond donors (Lipinski definition) is 1. The van der Waals surface area contributed by atoms with E-state index >= 15 is 0 Å². The van der Waals surface area contributed by atoms with Crippen molar-refractivity contribution in [3.8, 4) is 0 Å². The summed E-state index contributed by atoms with van der Waals surface area (Å²) in [5.41, 5.74) is 3.78. The second-order valence-electron chi connectivity index (χ2n) is 6.30. The van der Waals surface area contributed by atoms with Crippen LogP contribution >= 0.6 is 11.3 Å². The van der Waals surface area contributed by atoms with Crippen LogP contribution in [0.3, 0.4) is 0 Å². The van der Waals surface area contributed by atoms with Gasteiger partial charge in [-0.3, -0.25) is 4.98 Å². The number of carbonyl (C=O) groups is 1. The highest BCUT2D eigenvalue weighted by atomic mass is 32.1. The van der Waals surface area contributed by atoms with Gasteiger partial charge in [0, 0.05) is 29.1 Å². The van der Waals surface area contributed by atoms with Crippen molar-refractivity contribution in [3.63, 3.8) is 0 Å². The highest BCUT2D eigenvalue weighted by Crippen LogP contribution is 2.31. The van der Waals surface area contributed by atoms with E-state index in [1.807, 2.05) is 38.4 Å². The van der Waals surface area contributed by atoms with Gasteiger partial charge in [0.15, 0.2) is 0 Å². The molecule has 5 nitrogen and oxygen atoms in total. The fourth-order valence-corrected chi connectivity index (χ4v) is 3.11. The third-order valence-electron chi connectivity index (χ3n) is 3.29. The van der Waals surface area contributed by atoms with Gasteiger partial charge in [0.1, 0.15) is 10.6 Å². The molecular formula is C17H19N3O2S. The SMILES string of the molecule is CC(C)(C)OC(=O)NCc1nc(C2=CCc3ncccc32)cs1. The van der Waals surface area contributed by atoms with Crippen LogP contribution < -0.4 is 5.32 Å². The van der Waals surface area contributed by atoms with Gasteiger partial charge in [-0.1, -0.05) is 12.1 Å². The molecule has 0 unspecified atom stereocenters. The summed E-state index contributed by atoms with van der Waals surface area (Å²) >= 11 is 1.53. The summed E-state index contributed by atoms with van der Waals surface area (Å²) in [7, 11) is 0. The van der Waals surface area contributed by atoms with Gasteiger partial charge in [-0.25, -0.2) is 9.78 Å². The maximum Gasteiger partial charge on any atom is 0.408 e. The smallest absolute Gasteiger partial charge is 0.408 e. The summed E-state index contributed by atoms with van der Waals surface area (Å²) in [6.07, 6.45) is 4.38. The normalized spacial score (nSPS) is 13.4. The van der Waals surface area contributed by atoms with Gasteiger partial charge < -0.3 is 10.1 Å². The predicted molar refractivity (Wildman–Crippen MR) is 90.2 cm³/mol. The molecule has 23 heavy (non-hydrogen) atoms. The fraction of sp³-hybridized carbons (Fsp3) is 0.353. The van der Waals surface area contributed by atoms with Crippen LogP contribution in [0.2, 0.25) is 0 Å². The van der Waals surface area contributed by atoms with Crippen molar-refractivity contribution in [3.05, 3.63) is 51.7 Å². The molecule has 0 atom stereocenters. The molecule has 0 saturated carbocycles. The molecule has 0 fully saturated rings. The van der Waals surface area contributed by atoms with E-state index in [0.717, 1.165) is 34.0 Å². The standard InChI is InChI=1S/C17H19N3O2S/c1-17(2,3)22-16(21)19-9-15-20-14(10-23-15)12-6-7-13-11(12)5-4-8-18-13/h4-6,8,10H,7,9H2,1-3H3,(H,19,21). The van der Waals surface area contributed by atoms with E-state index in [9.17, 15) is 4.79 Å². The minimum Gasteiger partial charge on any atom is -0.444 e. The van der Waals surface area contributed by atoms with E-state index in [1.54, 1.807) is 0 Å². The zero-order chi connectivity index (χ0) is 16.4. The number of pyridine rings is 1. The van der Waals surface area contributed by atoms with E-state index in [-0.39, 0.29) is 0 Å². The minimum atomic E-state index is -0.497. The summed E-state index contributed by atoms with van der Waals surface area (Å²) in [5, 5.41) is 5.60. The average Bonchev–Trinajstić information content (AvgIpc) is 3.09. The minimum absolute atomic E-state index is 0.368. The summed E-state index contributed by atoms with van der Waals surface area (Å²) in [5.74, 6) is 0. The van der Waals surface area contributed by atoms with Crippen molar-refractivity contribution in [1.82, 2.24) is 15.3 Å². The molecule has 120 valence electrons. The number of allylic oxidation sites excluding steroid dienone is 1. The molecule has 0 aliphatic heterocycles. The third-order valence-corrected chi connectivity index (χ3v) is 4.14. The summed E-state index contributed by atoms with van der Waals surface area (Å²) < 4.78 is 5.22. The number of rotatable bonds is 3. The summed E-state index contributed by atoms with van der Waals surface area (Å²) in [6, 6.07) is 4.01. The van der Waals surface area contributed by atoms with Crippen LogP contribution in [0.15, 0.2) is 29.8 Å². The van der Waals surface area contributed by atoms with E-state index in [2.05, 4.69) is 27.4 Å². The van der Waals surface area contributed by atoms with Crippen LogP contribution in [0.5, 0.6) is 0 Å². The second kappa shape index (κ2) is 6.12. The van der Waals surface area contributed by atoms with Crippen molar-refractivity contribution in [2.45, 2.75) is 39.3 Å². The lowest BCUT2D eigenvalue weighted by molar-refractivity contribution is 0.0523. The number of nitrogens with zero attached hydrogens (tertiary/aromatic N) is 2. The number of carbonyl (C=O) groups excluding carboxylic acids is 1. The molecule has 0 saturated heterocycles. The fourth-order valence-electron chi connectivity index (χ4n) is 2.37. The Kier molecular flexibility index (Phi) is 4.17. The Hall–Kier alpha value is -2.21. The number of fused-ring (bicyclic) bond motifs is 1. The molecule has 0 bridgehead atoms. The van der Waals surface area contributed by atoms with Crippen molar-refractivity contribution in [1.29, 1.82) is 0 Å². The van der Waals surface area contributed by atoms with Crippen LogP contribution in [0.4, 0.5) is 4.79 Å². The zero-order valence-electron chi connectivity index (χ0n) is 13.4. The molecule has 3 rings (SSSR count). The highest BCUT2D eigenvalue weighted by Gasteiger charge is 2.19. The molecule has 0 radical (unpaired) electrons. The topological polar surface area (TPSA) is 64.1 Å². The van der Waals surface area contributed by atoms with Crippen LogP contribution in [0.1, 0.15) is 42.7 Å². The Balaban J connectivity index is 1.65. The van der Waals surface area contributed by atoms with Gasteiger partial charge in [0.2, 0.25) is 0 Å². The first-order chi connectivity index (χ1) is 10.9. The number of ether oxygens (including phenoxy) is 1. The molecule has 2 aromatic rings. The van der Waals surface area contributed by atoms with Crippen LogP contribution in [0.25, 0.3) is 5.57 Å². The lowest BCUT2D eigenvalue weighted by Gasteiger charge is -2.19. The van der Waals surface area contributed by atoms with Gasteiger partial charge in [0.25, 0.3) is 0 Å². The molecule has 0 spiro atoms. The Labute approximate surface area is 139 Å². The molecule has 1 N–H and O–H groups in total. The lowest BCUT2D eigenvalue weighted by Crippen LogP contribution is -2.32. The largest absolute Gasteiger partial charge is 0.444 e. The average molecular weight is 329 g/mol. The summed E-state index contributed by atoms with van der Waals surface area (Å²) in [4.78, 5) is 20.7. The van der Waals surface area contributed by atoms with Gasteiger partial charge in [0.05, 0.1) is 17.9 Å². The van der Waals surface area contributed by atoms with Crippen LogP contribution in [-0.2, 0) is 17.7 Å². The molecule has 1 amide bonds. The van der Waals surface area contributed by atoms with E-state index in [1.165, 1.54) is 11.3 Å². The second-order valence-corrected chi connectivity index (χ2v) is 7.24. The van der Waals surface area contributed by atoms with Crippen LogP contribution in [0, 0.1) is 0 Å². The first kappa shape index (κ1) is 15.7. The van der Waals surface area contributed by atoms with Crippen LogP contribution in [-0.4, -0.2) is 21.7 Å². The molecule has 0 aromatic carbocycles. The van der Waals surface area contributed by atoms with E-state index in [0.29, 0.717) is 6.54 Å². The van der Waals surface area contributed by atoms with Crippen molar-refractivity contribution < 1.29 is 9.53 Å². The number of thiazole rings is 1. The molecule has 2 aromatic heterocycles. The quantitative estimate of drug-likeness (QED) is 0.935. The van der Waals surface area contributed by atoms with E-state index in [4.69, 9.17) is 4.74 Å². The molecule has 6 heteroatoms. The first-order valence-corrected chi connectivity index (χ1v) is 8.36. The Morgan fingerprint density at radius 2 is 2.26 bits per heavy atom. The number of nitrogens with one attached hydrogen (secondary N) is 1. The Morgan fingerprint density at radius 1 is 1.43 bits per heavy atom. The number of amides is 1. The molecule has 2 heterocycles. The van der Waals surface area contributed by atoms with Gasteiger partial charge in [-0.05, 0) is 26.8 Å². The lowest BCUT2D eigenvalue weighted by atomic mass is 10.1. The highest BCUT2D eigenvalue weighted by molar-refractivity contribution is 7.09. The van der Waals surface area contributed by atoms with Gasteiger partial charge in [-0.15, -0.1) is 11.3 Å². The Morgan fingerprint density at radius 3 is 3.04 bits per heavy atom. The predicted octanol–water partition coefficient (Wildman–Crippen LogP) is 3.55. The molecular weight excluding hydrogens is 310 g/mol. The number of hydrogen-bond acceptors (Lipinski definition) is 5. The third kappa shape index (κ3) is 3.76. The van der Waals surface area contributed by atoms with Gasteiger partial charge in [-0.2, -0.15) is 0 Å². The Bertz CT molecular complexity index is 759. The monoisotopic (exact) mass is 329 g/mol. The van der Waals surface area contributed by atoms with Gasteiger partial charge >= 0.3 is 6.09 Å².